The molecule has 0 aromatic carbocycles. The Morgan fingerprint density at radius 2 is 2.36 bits per heavy atom. The fraction of sp³-hybridized carbons (Fsp3) is 0.429. The highest BCUT2D eigenvalue weighted by molar-refractivity contribution is 9.10. The summed E-state index contributed by atoms with van der Waals surface area (Å²) in [4.78, 5) is 7.94. The van der Waals surface area contributed by atoms with Gasteiger partial charge in [-0.05, 0) is 22.4 Å². The summed E-state index contributed by atoms with van der Waals surface area (Å²) in [5, 5.41) is 0.550. The average molecular weight is 236 g/mol. The largest absolute Gasteiger partial charge is 0.230 e. The first-order chi connectivity index (χ1) is 5.24. The van der Waals surface area contributed by atoms with Gasteiger partial charge in [0.2, 0.25) is 0 Å². The third-order valence-electron chi connectivity index (χ3n) is 1.30. The molecule has 0 aliphatic rings. The standard InChI is InChI=1S/C7H8BrClN2/c1-2-3-5-4-10-7(8)11-6(5)9/h4H,2-3H2,1H3. The summed E-state index contributed by atoms with van der Waals surface area (Å²) >= 11 is 8.97. The Morgan fingerprint density at radius 1 is 1.64 bits per heavy atom. The van der Waals surface area contributed by atoms with Crippen molar-refractivity contribution in [2.24, 2.45) is 0 Å². The first-order valence-electron chi connectivity index (χ1n) is 3.41. The molecule has 1 aromatic heterocycles. The Hall–Kier alpha value is -0.150. The van der Waals surface area contributed by atoms with Crippen molar-refractivity contribution in [2.75, 3.05) is 0 Å². The Balaban J connectivity index is 2.90. The lowest BCUT2D eigenvalue weighted by Crippen LogP contribution is -1.91. The molecular weight excluding hydrogens is 227 g/mol. The van der Waals surface area contributed by atoms with Gasteiger partial charge in [-0.25, -0.2) is 9.97 Å². The van der Waals surface area contributed by atoms with Gasteiger partial charge in [0.15, 0.2) is 4.73 Å². The van der Waals surface area contributed by atoms with Crippen LogP contribution in [0.3, 0.4) is 0 Å². The molecule has 0 amide bonds. The van der Waals surface area contributed by atoms with Crippen LogP contribution >= 0.6 is 27.5 Å². The third-order valence-corrected chi connectivity index (χ3v) is 2.01. The van der Waals surface area contributed by atoms with Gasteiger partial charge in [-0.3, -0.25) is 0 Å². The number of aryl methyl sites for hydroxylation is 1. The van der Waals surface area contributed by atoms with E-state index in [0.717, 1.165) is 18.4 Å². The van der Waals surface area contributed by atoms with Crippen LogP contribution in [0.5, 0.6) is 0 Å². The minimum absolute atomic E-state index is 0.544. The maximum Gasteiger partial charge on any atom is 0.197 e. The number of hydrogen-bond donors (Lipinski definition) is 0. The molecule has 0 saturated carbocycles. The molecule has 0 unspecified atom stereocenters. The summed E-state index contributed by atoms with van der Waals surface area (Å²) in [6.45, 7) is 2.10. The van der Waals surface area contributed by atoms with Crippen molar-refractivity contribution in [3.05, 3.63) is 21.6 Å². The lowest BCUT2D eigenvalue weighted by molar-refractivity contribution is 0.895. The topological polar surface area (TPSA) is 25.8 Å². The van der Waals surface area contributed by atoms with Gasteiger partial charge in [-0.1, -0.05) is 24.9 Å². The minimum atomic E-state index is 0.544. The molecule has 0 aliphatic heterocycles. The summed E-state index contributed by atoms with van der Waals surface area (Å²) in [6, 6.07) is 0. The van der Waals surface area contributed by atoms with E-state index in [9.17, 15) is 0 Å². The fourth-order valence-corrected chi connectivity index (χ4v) is 1.41. The Labute approximate surface area is 79.1 Å². The quantitative estimate of drug-likeness (QED) is 0.582. The van der Waals surface area contributed by atoms with E-state index in [-0.39, 0.29) is 0 Å². The Morgan fingerprint density at radius 3 is 2.91 bits per heavy atom. The molecule has 11 heavy (non-hydrogen) atoms. The van der Waals surface area contributed by atoms with Crippen LogP contribution < -0.4 is 0 Å². The lowest BCUT2D eigenvalue weighted by atomic mass is 10.2. The summed E-state index contributed by atoms with van der Waals surface area (Å²) in [7, 11) is 0. The molecule has 0 saturated heterocycles. The maximum absolute atomic E-state index is 5.83. The maximum atomic E-state index is 5.83. The van der Waals surface area contributed by atoms with Gasteiger partial charge in [0.25, 0.3) is 0 Å². The van der Waals surface area contributed by atoms with Crippen LogP contribution in [0, 0.1) is 0 Å². The fourth-order valence-electron chi connectivity index (χ4n) is 0.803. The molecule has 0 bridgehead atoms. The summed E-state index contributed by atoms with van der Waals surface area (Å²) in [5.74, 6) is 0. The Bertz CT molecular complexity index is 252. The number of nitrogens with zero attached hydrogens (tertiary/aromatic N) is 2. The van der Waals surface area contributed by atoms with E-state index >= 15 is 0 Å². The van der Waals surface area contributed by atoms with Crippen LogP contribution in [-0.4, -0.2) is 9.97 Å². The van der Waals surface area contributed by atoms with Gasteiger partial charge in [-0.2, -0.15) is 0 Å². The number of hydrogen-bond acceptors (Lipinski definition) is 2. The smallest absolute Gasteiger partial charge is 0.197 e. The second kappa shape index (κ2) is 4.02. The zero-order valence-electron chi connectivity index (χ0n) is 6.14. The van der Waals surface area contributed by atoms with Crippen molar-refractivity contribution >= 4 is 27.5 Å². The number of rotatable bonds is 2. The third kappa shape index (κ3) is 2.42. The van der Waals surface area contributed by atoms with Crippen molar-refractivity contribution in [1.29, 1.82) is 0 Å². The molecule has 2 nitrogen and oxygen atoms in total. The number of halogens is 2. The molecule has 0 fully saturated rings. The summed E-state index contributed by atoms with van der Waals surface area (Å²) < 4.78 is 0.544. The van der Waals surface area contributed by atoms with E-state index in [1.807, 2.05) is 0 Å². The highest BCUT2D eigenvalue weighted by Crippen LogP contribution is 2.15. The lowest BCUT2D eigenvalue weighted by Gasteiger charge is -1.99. The van der Waals surface area contributed by atoms with Crippen LogP contribution in [0.25, 0.3) is 0 Å². The molecule has 0 aliphatic carbocycles. The van der Waals surface area contributed by atoms with Gasteiger partial charge in [-0.15, -0.1) is 0 Å². The van der Waals surface area contributed by atoms with E-state index in [1.165, 1.54) is 0 Å². The van der Waals surface area contributed by atoms with Crippen LogP contribution in [-0.2, 0) is 6.42 Å². The highest BCUT2D eigenvalue weighted by Gasteiger charge is 2.01. The second-order valence-electron chi connectivity index (χ2n) is 2.21. The Kier molecular flexibility index (Phi) is 3.27. The van der Waals surface area contributed by atoms with Crippen molar-refractivity contribution in [3.8, 4) is 0 Å². The molecule has 0 N–H and O–H groups in total. The van der Waals surface area contributed by atoms with Crippen LogP contribution in [0.4, 0.5) is 0 Å². The van der Waals surface area contributed by atoms with Gasteiger partial charge in [0, 0.05) is 11.8 Å². The van der Waals surface area contributed by atoms with Crippen molar-refractivity contribution in [3.63, 3.8) is 0 Å². The monoisotopic (exact) mass is 234 g/mol. The minimum Gasteiger partial charge on any atom is -0.230 e. The van der Waals surface area contributed by atoms with Crippen molar-refractivity contribution in [2.45, 2.75) is 19.8 Å². The van der Waals surface area contributed by atoms with E-state index in [0.29, 0.717) is 9.89 Å². The molecule has 60 valence electrons. The predicted octanol–water partition coefficient (Wildman–Crippen LogP) is 2.85. The molecule has 4 heteroatoms. The van der Waals surface area contributed by atoms with Gasteiger partial charge < -0.3 is 0 Å². The second-order valence-corrected chi connectivity index (χ2v) is 3.27. The molecule has 0 atom stereocenters. The average Bonchev–Trinajstić information content (AvgIpc) is 1.95. The highest BCUT2D eigenvalue weighted by atomic mass is 79.9. The van der Waals surface area contributed by atoms with E-state index in [2.05, 4.69) is 32.8 Å². The van der Waals surface area contributed by atoms with Crippen LogP contribution in [0.1, 0.15) is 18.9 Å². The van der Waals surface area contributed by atoms with Gasteiger partial charge >= 0.3 is 0 Å². The number of aromatic nitrogens is 2. The van der Waals surface area contributed by atoms with Crippen molar-refractivity contribution < 1.29 is 0 Å². The SMILES string of the molecule is CCCc1cnc(Br)nc1Cl. The van der Waals surface area contributed by atoms with E-state index in [4.69, 9.17) is 11.6 Å². The summed E-state index contributed by atoms with van der Waals surface area (Å²) in [6.07, 6.45) is 3.75. The van der Waals surface area contributed by atoms with Crippen LogP contribution in [0.15, 0.2) is 10.9 Å². The zero-order valence-corrected chi connectivity index (χ0v) is 8.48. The van der Waals surface area contributed by atoms with Crippen LogP contribution in [0.2, 0.25) is 5.15 Å². The summed E-state index contributed by atoms with van der Waals surface area (Å²) in [5.41, 5.74) is 1.01. The van der Waals surface area contributed by atoms with Gasteiger partial charge in [0.05, 0.1) is 0 Å². The first-order valence-corrected chi connectivity index (χ1v) is 4.58. The molecule has 1 rings (SSSR count). The zero-order chi connectivity index (χ0) is 8.27. The predicted molar refractivity (Wildman–Crippen MR) is 48.7 cm³/mol. The molecule has 0 spiro atoms. The van der Waals surface area contributed by atoms with Gasteiger partial charge in [0.1, 0.15) is 5.15 Å². The first kappa shape index (κ1) is 8.94. The molecule has 1 aromatic rings. The molecular formula is C7H8BrClN2. The molecule has 0 radical (unpaired) electrons. The molecule has 1 heterocycles. The van der Waals surface area contributed by atoms with E-state index < -0.39 is 0 Å². The van der Waals surface area contributed by atoms with E-state index in [1.54, 1.807) is 6.20 Å². The van der Waals surface area contributed by atoms with Crippen molar-refractivity contribution in [1.82, 2.24) is 9.97 Å². The normalized spacial score (nSPS) is 10.1.